The van der Waals surface area contributed by atoms with Crippen LogP contribution in [0.1, 0.15) is 16.1 Å². The normalized spacial score (nSPS) is 9.50. The SMILES string of the molecule is C=CCNC(=O)c1cc(CN)ccn1. The number of rotatable bonds is 4. The molecule has 1 amide bonds. The molecule has 0 aliphatic carbocycles. The monoisotopic (exact) mass is 191 g/mol. The van der Waals surface area contributed by atoms with E-state index in [4.69, 9.17) is 5.73 Å². The van der Waals surface area contributed by atoms with Gasteiger partial charge in [0.2, 0.25) is 0 Å². The molecule has 4 heteroatoms. The van der Waals surface area contributed by atoms with E-state index in [1.807, 2.05) is 0 Å². The Morgan fingerprint density at radius 2 is 2.50 bits per heavy atom. The zero-order valence-corrected chi connectivity index (χ0v) is 7.86. The topological polar surface area (TPSA) is 68.0 Å². The maximum atomic E-state index is 11.4. The zero-order valence-electron chi connectivity index (χ0n) is 7.86. The molecule has 0 aliphatic rings. The molecule has 1 aromatic heterocycles. The van der Waals surface area contributed by atoms with Crippen molar-refractivity contribution in [3.8, 4) is 0 Å². The average molecular weight is 191 g/mol. The summed E-state index contributed by atoms with van der Waals surface area (Å²) in [6.45, 7) is 4.35. The van der Waals surface area contributed by atoms with Gasteiger partial charge in [0, 0.05) is 19.3 Å². The summed E-state index contributed by atoms with van der Waals surface area (Å²) in [5, 5.41) is 2.64. The highest BCUT2D eigenvalue weighted by atomic mass is 16.1. The van der Waals surface area contributed by atoms with E-state index in [1.54, 1.807) is 24.4 Å². The maximum absolute atomic E-state index is 11.4. The van der Waals surface area contributed by atoms with Crippen molar-refractivity contribution < 1.29 is 4.79 Å². The molecule has 1 aromatic rings. The second kappa shape index (κ2) is 5.14. The molecule has 0 unspecified atom stereocenters. The number of nitrogens with zero attached hydrogens (tertiary/aromatic N) is 1. The predicted molar refractivity (Wildman–Crippen MR) is 54.7 cm³/mol. The van der Waals surface area contributed by atoms with Gasteiger partial charge in [-0.3, -0.25) is 9.78 Å². The first-order chi connectivity index (χ1) is 6.77. The van der Waals surface area contributed by atoms with Gasteiger partial charge in [-0.15, -0.1) is 6.58 Å². The van der Waals surface area contributed by atoms with Gasteiger partial charge >= 0.3 is 0 Å². The highest BCUT2D eigenvalue weighted by Gasteiger charge is 2.05. The first-order valence-corrected chi connectivity index (χ1v) is 4.32. The summed E-state index contributed by atoms with van der Waals surface area (Å²) < 4.78 is 0. The van der Waals surface area contributed by atoms with Crippen molar-refractivity contribution in [2.24, 2.45) is 5.73 Å². The van der Waals surface area contributed by atoms with E-state index in [9.17, 15) is 4.79 Å². The number of carbonyl (C=O) groups is 1. The Kier molecular flexibility index (Phi) is 3.82. The highest BCUT2D eigenvalue weighted by molar-refractivity contribution is 5.92. The quantitative estimate of drug-likeness (QED) is 0.679. The Balaban J connectivity index is 2.73. The minimum atomic E-state index is -0.208. The number of aromatic nitrogens is 1. The van der Waals surface area contributed by atoms with Crippen LogP contribution >= 0.6 is 0 Å². The van der Waals surface area contributed by atoms with Gasteiger partial charge in [-0.05, 0) is 17.7 Å². The van der Waals surface area contributed by atoms with E-state index >= 15 is 0 Å². The van der Waals surface area contributed by atoms with Crippen molar-refractivity contribution >= 4 is 5.91 Å². The van der Waals surface area contributed by atoms with Crippen LogP contribution in [0.15, 0.2) is 31.0 Å². The maximum Gasteiger partial charge on any atom is 0.270 e. The van der Waals surface area contributed by atoms with E-state index in [-0.39, 0.29) is 5.91 Å². The van der Waals surface area contributed by atoms with Crippen LogP contribution in [0.5, 0.6) is 0 Å². The van der Waals surface area contributed by atoms with Crippen molar-refractivity contribution in [2.75, 3.05) is 6.54 Å². The molecule has 0 aliphatic heterocycles. The Morgan fingerprint density at radius 3 is 3.14 bits per heavy atom. The number of pyridine rings is 1. The molecule has 0 fully saturated rings. The lowest BCUT2D eigenvalue weighted by molar-refractivity contribution is 0.0953. The smallest absolute Gasteiger partial charge is 0.270 e. The standard InChI is InChI=1S/C10H13N3O/c1-2-4-13-10(14)9-6-8(7-11)3-5-12-9/h2-3,5-6H,1,4,7,11H2,(H,13,14). The minimum absolute atomic E-state index is 0.208. The molecule has 14 heavy (non-hydrogen) atoms. The third-order valence-electron chi connectivity index (χ3n) is 1.70. The van der Waals surface area contributed by atoms with Gasteiger partial charge in [0.05, 0.1) is 0 Å². The van der Waals surface area contributed by atoms with Crippen LogP contribution in [-0.2, 0) is 6.54 Å². The molecule has 74 valence electrons. The van der Waals surface area contributed by atoms with E-state index in [0.29, 0.717) is 18.8 Å². The van der Waals surface area contributed by atoms with Gasteiger partial charge in [0.25, 0.3) is 5.91 Å². The van der Waals surface area contributed by atoms with Gasteiger partial charge in [0.15, 0.2) is 0 Å². The van der Waals surface area contributed by atoms with Crippen LogP contribution < -0.4 is 11.1 Å². The van der Waals surface area contributed by atoms with E-state index in [2.05, 4.69) is 16.9 Å². The van der Waals surface area contributed by atoms with Crippen molar-refractivity contribution in [1.82, 2.24) is 10.3 Å². The van der Waals surface area contributed by atoms with E-state index in [0.717, 1.165) is 5.56 Å². The molecule has 0 bridgehead atoms. The van der Waals surface area contributed by atoms with Crippen molar-refractivity contribution in [1.29, 1.82) is 0 Å². The van der Waals surface area contributed by atoms with Crippen LogP contribution in [-0.4, -0.2) is 17.4 Å². The number of nitrogens with one attached hydrogen (secondary N) is 1. The highest BCUT2D eigenvalue weighted by Crippen LogP contribution is 2.00. The molecule has 0 spiro atoms. The molecule has 0 radical (unpaired) electrons. The molecule has 1 heterocycles. The Labute approximate surface area is 82.8 Å². The van der Waals surface area contributed by atoms with Gasteiger partial charge in [-0.25, -0.2) is 0 Å². The Morgan fingerprint density at radius 1 is 1.71 bits per heavy atom. The fourth-order valence-corrected chi connectivity index (χ4v) is 0.981. The second-order valence-corrected chi connectivity index (χ2v) is 2.75. The summed E-state index contributed by atoms with van der Waals surface area (Å²) in [5.41, 5.74) is 6.72. The fourth-order valence-electron chi connectivity index (χ4n) is 0.981. The first kappa shape index (κ1) is 10.4. The molecule has 0 saturated carbocycles. The largest absolute Gasteiger partial charge is 0.347 e. The van der Waals surface area contributed by atoms with Crippen molar-refractivity contribution in [3.05, 3.63) is 42.2 Å². The number of carbonyl (C=O) groups excluding carboxylic acids is 1. The zero-order chi connectivity index (χ0) is 10.4. The van der Waals surface area contributed by atoms with Crippen molar-refractivity contribution in [3.63, 3.8) is 0 Å². The molecule has 4 nitrogen and oxygen atoms in total. The average Bonchev–Trinajstić information content (AvgIpc) is 2.26. The first-order valence-electron chi connectivity index (χ1n) is 4.32. The fraction of sp³-hybridized carbons (Fsp3) is 0.200. The minimum Gasteiger partial charge on any atom is -0.347 e. The van der Waals surface area contributed by atoms with Crippen LogP contribution in [0.4, 0.5) is 0 Å². The summed E-state index contributed by atoms with van der Waals surface area (Å²) in [4.78, 5) is 15.3. The number of hydrogen-bond donors (Lipinski definition) is 2. The molecule has 1 rings (SSSR count). The molecular formula is C10H13N3O. The van der Waals surface area contributed by atoms with Gasteiger partial charge in [-0.1, -0.05) is 6.08 Å². The van der Waals surface area contributed by atoms with Crippen LogP contribution in [0.2, 0.25) is 0 Å². The van der Waals surface area contributed by atoms with Gasteiger partial charge in [-0.2, -0.15) is 0 Å². The number of hydrogen-bond acceptors (Lipinski definition) is 3. The molecule has 3 N–H and O–H groups in total. The summed E-state index contributed by atoms with van der Waals surface area (Å²) in [6.07, 6.45) is 3.19. The Bertz CT molecular complexity index is 336. The molecule has 0 atom stereocenters. The number of amides is 1. The summed E-state index contributed by atoms with van der Waals surface area (Å²) >= 11 is 0. The molecular weight excluding hydrogens is 178 g/mol. The van der Waals surface area contributed by atoms with Crippen molar-refractivity contribution in [2.45, 2.75) is 6.54 Å². The lowest BCUT2D eigenvalue weighted by Gasteiger charge is -2.02. The lowest BCUT2D eigenvalue weighted by Crippen LogP contribution is -2.24. The van der Waals surface area contributed by atoms with E-state index in [1.165, 1.54) is 0 Å². The van der Waals surface area contributed by atoms with Gasteiger partial charge in [0.1, 0.15) is 5.69 Å². The Hall–Kier alpha value is -1.68. The third-order valence-corrected chi connectivity index (χ3v) is 1.70. The lowest BCUT2D eigenvalue weighted by atomic mass is 10.2. The number of nitrogens with two attached hydrogens (primary N) is 1. The van der Waals surface area contributed by atoms with Crippen LogP contribution in [0.25, 0.3) is 0 Å². The van der Waals surface area contributed by atoms with Gasteiger partial charge < -0.3 is 11.1 Å². The summed E-state index contributed by atoms with van der Waals surface area (Å²) in [6, 6.07) is 3.46. The van der Waals surface area contributed by atoms with Crippen LogP contribution in [0.3, 0.4) is 0 Å². The second-order valence-electron chi connectivity index (χ2n) is 2.75. The summed E-state index contributed by atoms with van der Waals surface area (Å²) in [5.74, 6) is -0.208. The van der Waals surface area contributed by atoms with Crippen LogP contribution in [0, 0.1) is 0 Å². The third kappa shape index (κ3) is 2.67. The molecule has 0 saturated heterocycles. The summed E-state index contributed by atoms with van der Waals surface area (Å²) in [7, 11) is 0. The van der Waals surface area contributed by atoms with E-state index < -0.39 is 0 Å². The molecule has 0 aromatic carbocycles. The predicted octanol–water partition coefficient (Wildman–Crippen LogP) is 0.456.